The maximum Gasteiger partial charge on any atom is 0.252 e. The van der Waals surface area contributed by atoms with Crippen LogP contribution in [-0.2, 0) is 5.75 Å². The molecule has 0 spiro atoms. The first-order valence-corrected chi connectivity index (χ1v) is 10.00. The van der Waals surface area contributed by atoms with Gasteiger partial charge in [-0.15, -0.1) is 11.8 Å². The zero-order valence-electron chi connectivity index (χ0n) is 15.5. The third kappa shape index (κ3) is 5.20. The van der Waals surface area contributed by atoms with Gasteiger partial charge < -0.3 is 9.84 Å². The first-order chi connectivity index (χ1) is 13.2. The van der Waals surface area contributed by atoms with Crippen molar-refractivity contribution < 1.29 is 9.32 Å². The van der Waals surface area contributed by atoms with Gasteiger partial charge in [-0.2, -0.15) is 4.98 Å². The summed E-state index contributed by atoms with van der Waals surface area (Å²) in [6.07, 6.45) is 0.970. The lowest BCUT2D eigenvalue weighted by atomic mass is 9.96. The maximum atomic E-state index is 12.8. The molecule has 0 aliphatic rings. The van der Waals surface area contributed by atoms with E-state index in [0.717, 1.165) is 11.3 Å². The molecule has 0 aliphatic heterocycles. The van der Waals surface area contributed by atoms with Crippen LogP contribution in [0.15, 0.2) is 64.0 Å². The molecular weight excluding hydrogens is 358 g/mol. The van der Waals surface area contributed by atoms with Gasteiger partial charge in [-0.3, -0.25) is 4.79 Å². The average Bonchev–Trinajstić information content (AvgIpc) is 3.13. The van der Waals surface area contributed by atoms with Crippen molar-refractivity contribution in [1.29, 1.82) is 0 Å². The van der Waals surface area contributed by atoms with Crippen LogP contribution in [0.3, 0.4) is 0 Å². The molecule has 3 rings (SSSR count). The number of benzene rings is 2. The number of aryl methyl sites for hydroxylation is 1. The quantitative estimate of drug-likeness (QED) is 0.578. The van der Waals surface area contributed by atoms with E-state index in [1.54, 1.807) is 6.92 Å². The third-order valence-corrected chi connectivity index (χ3v) is 5.40. The summed E-state index contributed by atoms with van der Waals surface area (Å²) in [7, 11) is 0. The normalized spacial score (nSPS) is 11.9. The minimum atomic E-state index is -0.0585. The number of thioether (sulfide) groups is 1. The number of aromatic nitrogens is 2. The van der Waals surface area contributed by atoms with Crippen LogP contribution in [-0.4, -0.2) is 22.6 Å². The third-order valence-electron chi connectivity index (χ3n) is 4.33. The highest BCUT2D eigenvalue weighted by Crippen LogP contribution is 2.26. The van der Waals surface area contributed by atoms with E-state index < -0.39 is 0 Å². The Morgan fingerprint density at radius 3 is 2.59 bits per heavy atom. The van der Waals surface area contributed by atoms with Crippen LogP contribution in [0.5, 0.6) is 0 Å². The second-order valence-electron chi connectivity index (χ2n) is 6.24. The Bertz CT molecular complexity index is 880. The van der Waals surface area contributed by atoms with Crippen molar-refractivity contribution in [3.8, 4) is 0 Å². The minimum absolute atomic E-state index is 0.0585. The predicted molar refractivity (Wildman–Crippen MR) is 107 cm³/mol. The Morgan fingerprint density at radius 2 is 1.89 bits per heavy atom. The Balaban J connectivity index is 1.64. The number of nitrogens with zero attached hydrogens (tertiary/aromatic N) is 2. The molecule has 0 unspecified atom stereocenters. The van der Waals surface area contributed by atoms with Crippen molar-refractivity contribution in [3.05, 3.63) is 77.4 Å². The molecular formula is C21H23N3O2S. The molecule has 1 N–H and O–H groups in total. The fourth-order valence-electron chi connectivity index (χ4n) is 2.86. The Kier molecular flexibility index (Phi) is 6.65. The summed E-state index contributed by atoms with van der Waals surface area (Å²) in [5.74, 6) is 1.98. The van der Waals surface area contributed by atoms with Gasteiger partial charge in [0.2, 0.25) is 5.89 Å². The van der Waals surface area contributed by atoms with Crippen LogP contribution < -0.4 is 5.32 Å². The summed E-state index contributed by atoms with van der Waals surface area (Å²) in [4.78, 5) is 17.9. The molecule has 1 heterocycles. The van der Waals surface area contributed by atoms with E-state index in [2.05, 4.69) is 34.5 Å². The molecule has 0 aliphatic carbocycles. The van der Waals surface area contributed by atoms with E-state index in [0.29, 0.717) is 35.5 Å². The van der Waals surface area contributed by atoms with Crippen LogP contribution in [0.1, 0.15) is 46.9 Å². The van der Waals surface area contributed by atoms with E-state index in [9.17, 15) is 4.79 Å². The van der Waals surface area contributed by atoms with Crippen LogP contribution in [0.4, 0.5) is 0 Å². The van der Waals surface area contributed by atoms with Crippen molar-refractivity contribution in [2.75, 3.05) is 6.54 Å². The topological polar surface area (TPSA) is 68.0 Å². The molecule has 1 amide bonds. The van der Waals surface area contributed by atoms with Crippen LogP contribution >= 0.6 is 11.8 Å². The Labute approximate surface area is 163 Å². The maximum absolute atomic E-state index is 12.8. The summed E-state index contributed by atoms with van der Waals surface area (Å²) < 4.78 is 5.00. The summed E-state index contributed by atoms with van der Waals surface area (Å²) in [6, 6.07) is 17.9. The van der Waals surface area contributed by atoms with Gasteiger partial charge >= 0.3 is 0 Å². The highest BCUT2D eigenvalue weighted by atomic mass is 32.2. The van der Waals surface area contributed by atoms with Crippen LogP contribution in [0, 0.1) is 6.92 Å². The number of nitrogens with one attached hydrogen (secondary N) is 1. The minimum Gasteiger partial charge on any atom is -0.351 e. The molecule has 2 aromatic carbocycles. The van der Waals surface area contributed by atoms with Gasteiger partial charge in [0.1, 0.15) is 0 Å². The second-order valence-corrected chi connectivity index (χ2v) is 7.26. The lowest BCUT2D eigenvalue weighted by Gasteiger charge is -2.17. The van der Waals surface area contributed by atoms with Gasteiger partial charge in [0.05, 0.1) is 11.3 Å². The van der Waals surface area contributed by atoms with Crippen LogP contribution in [0.25, 0.3) is 0 Å². The zero-order chi connectivity index (χ0) is 19.1. The first-order valence-electron chi connectivity index (χ1n) is 9.01. The summed E-state index contributed by atoms with van der Waals surface area (Å²) in [5.41, 5.74) is 1.92. The molecule has 0 bridgehead atoms. The fourth-order valence-corrected chi connectivity index (χ4v) is 3.75. The van der Waals surface area contributed by atoms with Gasteiger partial charge in [0.25, 0.3) is 5.91 Å². The van der Waals surface area contributed by atoms with Crippen molar-refractivity contribution >= 4 is 17.7 Å². The monoisotopic (exact) mass is 381 g/mol. The fraction of sp³-hybridized carbons (Fsp3) is 0.286. The number of amides is 1. The van der Waals surface area contributed by atoms with E-state index in [4.69, 9.17) is 4.52 Å². The lowest BCUT2D eigenvalue weighted by Crippen LogP contribution is -2.28. The van der Waals surface area contributed by atoms with Gasteiger partial charge in [-0.05, 0) is 24.1 Å². The van der Waals surface area contributed by atoms with E-state index in [-0.39, 0.29) is 5.91 Å². The molecule has 6 heteroatoms. The van der Waals surface area contributed by atoms with Gasteiger partial charge in [-0.1, -0.05) is 54.5 Å². The van der Waals surface area contributed by atoms with Gasteiger partial charge in [0.15, 0.2) is 5.82 Å². The smallest absolute Gasteiger partial charge is 0.252 e. The van der Waals surface area contributed by atoms with E-state index >= 15 is 0 Å². The predicted octanol–water partition coefficient (Wildman–Crippen LogP) is 4.59. The van der Waals surface area contributed by atoms with Crippen molar-refractivity contribution in [2.45, 2.75) is 36.8 Å². The Morgan fingerprint density at radius 1 is 1.15 bits per heavy atom. The molecule has 5 nitrogen and oxygen atoms in total. The Hall–Kier alpha value is -2.60. The van der Waals surface area contributed by atoms with Crippen LogP contribution in [0.2, 0.25) is 0 Å². The van der Waals surface area contributed by atoms with E-state index in [1.807, 2.05) is 42.5 Å². The SMILES string of the molecule is CC[C@H](CNC(=O)c1ccccc1SCc1noc(C)n1)c1ccccc1. The van der Waals surface area contributed by atoms with Crippen molar-refractivity contribution in [3.63, 3.8) is 0 Å². The number of hydrogen-bond acceptors (Lipinski definition) is 5. The molecule has 3 aromatic rings. The molecule has 27 heavy (non-hydrogen) atoms. The molecule has 1 atom stereocenters. The summed E-state index contributed by atoms with van der Waals surface area (Å²) in [6.45, 7) is 4.52. The average molecular weight is 382 g/mol. The summed E-state index contributed by atoms with van der Waals surface area (Å²) >= 11 is 1.53. The number of carbonyl (C=O) groups excluding carboxylic acids is 1. The van der Waals surface area contributed by atoms with Crippen molar-refractivity contribution in [1.82, 2.24) is 15.5 Å². The van der Waals surface area contributed by atoms with Crippen molar-refractivity contribution in [2.24, 2.45) is 0 Å². The van der Waals surface area contributed by atoms with E-state index in [1.165, 1.54) is 17.3 Å². The molecule has 0 saturated carbocycles. The number of rotatable bonds is 8. The summed E-state index contributed by atoms with van der Waals surface area (Å²) in [5, 5.41) is 6.99. The highest BCUT2D eigenvalue weighted by Gasteiger charge is 2.15. The number of carbonyl (C=O) groups is 1. The largest absolute Gasteiger partial charge is 0.351 e. The standard InChI is InChI=1S/C21H23N3O2S/c1-3-16(17-9-5-4-6-10-17)13-22-21(25)18-11-7-8-12-19(18)27-14-20-23-15(2)26-24-20/h4-12,16H,3,13-14H2,1-2H3,(H,22,25)/t16-/m1/s1. The molecule has 0 fully saturated rings. The first kappa shape index (κ1) is 19.2. The molecule has 140 valence electrons. The van der Waals surface area contributed by atoms with Gasteiger partial charge in [0, 0.05) is 24.3 Å². The van der Waals surface area contributed by atoms with Gasteiger partial charge in [-0.25, -0.2) is 0 Å². The zero-order valence-corrected chi connectivity index (χ0v) is 16.3. The highest BCUT2D eigenvalue weighted by molar-refractivity contribution is 7.98. The molecule has 0 radical (unpaired) electrons. The molecule has 0 saturated heterocycles. The molecule has 1 aromatic heterocycles. The second kappa shape index (κ2) is 9.37. The lowest BCUT2D eigenvalue weighted by molar-refractivity contribution is 0.0948. The number of hydrogen-bond donors (Lipinski definition) is 1.